The van der Waals surface area contributed by atoms with E-state index in [4.69, 9.17) is 9.47 Å². The van der Waals surface area contributed by atoms with Crippen LogP contribution >= 0.6 is 11.8 Å². The molecule has 0 aliphatic carbocycles. The van der Waals surface area contributed by atoms with Gasteiger partial charge in [-0.15, -0.1) is 10.2 Å². The van der Waals surface area contributed by atoms with Gasteiger partial charge in [0.2, 0.25) is 0 Å². The van der Waals surface area contributed by atoms with Crippen molar-refractivity contribution in [3.8, 4) is 0 Å². The van der Waals surface area contributed by atoms with Crippen LogP contribution in [-0.2, 0) is 14.9 Å². The van der Waals surface area contributed by atoms with Crippen LogP contribution < -0.4 is 0 Å². The van der Waals surface area contributed by atoms with Gasteiger partial charge in [-0.1, -0.05) is 39.0 Å². The summed E-state index contributed by atoms with van der Waals surface area (Å²) in [6.07, 6.45) is 4.46. The summed E-state index contributed by atoms with van der Waals surface area (Å²) >= 11 is 1.24. The highest BCUT2D eigenvalue weighted by atomic mass is 32.2. The van der Waals surface area contributed by atoms with Crippen molar-refractivity contribution in [2.45, 2.75) is 74.1 Å². The van der Waals surface area contributed by atoms with Crippen LogP contribution in [0.2, 0.25) is 0 Å². The molecule has 2 atom stereocenters. The number of halogens is 2. The second-order valence-corrected chi connectivity index (χ2v) is 9.93. The number of rotatable bonds is 7. The minimum atomic E-state index is -0.590. The molecule has 0 saturated carbocycles. The summed E-state index contributed by atoms with van der Waals surface area (Å²) < 4.78 is 41.4. The predicted octanol–water partition coefficient (Wildman–Crippen LogP) is 5.76. The molecule has 1 saturated heterocycles. The van der Waals surface area contributed by atoms with Gasteiger partial charge in [0.15, 0.2) is 11.4 Å². The highest BCUT2D eigenvalue weighted by Crippen LogP contribution is 2.36. The van der Waals surface area contributed by atoms with E-state index in [0.29, 0.717) is 17.1 Å². The molecule has 4 rings (SSSR count). The number of nitrogens with zero attached hydrogens (tertiary/aromatic N) is 3. The van der Waals surface area contributed by atoms with E-state index in [1.807, 2.05) is 29.7 Å². The Morgan fingerprint density at radius 3 is 2.77 bits per heavy atom. The van der Waals surface area contributed by atoms with Gasteiger partial charge in [0.25, 0.3) is 0 Å². The molecule has 0 spiro atoms. The molecule has 3 aromatic rings. The molecule has 2 aromatic heterocycles. The maximum absolute atomic E-state index is 14.1. The van der Waals surface area contributed by atoms with Gasteiger partial charge in [-0.25, -0.2) is 8.78 Å². The van der Waals surface area contributed by atoms with Crippen molar-refractivity contribution in [3.63, 3.8) is 0 Å². The Labute approximate surface area is 185 Å². The van der Waals surface area contributed by atoms with E-state index in [2.05, 4.69) is 31.0 Å². The highest BCUT2D eigenvalue weighted by molar-refractivity contribution is 7.99. The van der Waals surface area contributed by atoms with E-state index in [1.165, 1.54) is 23.9 Å². The van der Waals surface area contributed by atoms with E-state index in [9.17, 15) is 8.78 Å². The quantitative estimate of drug-likeness (QED) is 0.461. The number of hydrogen-bond acceptors (Lipinski definition) is 5. The maximum atomic E-state index is 14.1. The largest absolute Gasteiger partial charge is 0.348 e. The van der Waals surface area contributed by atoms with Crippen molar-refractivity contribution in [2.75, 3.05) is 6.61 Å². The fraction of sp³-hybridized carbons (Fsp3) is 0.478. The van der Waals surface area contributed by atoms with Crippen LogP contribution in [0.4, 0.5) is 8.78 Å². The van der Waals surface area contributed by atoms with Crippen molar-refractivity contribution >= 4 is 17.4 Å². The van der Waals surface area contributed by atoms with Crippen LogP contribution in [0.15, 0.2) is 46.3 Å². The van der Waals surface area contributed by atoms with Crippen LogP contribution in [0.5, 0.6) is 0 Å². The molecule has 1 aromatic carbocycles. The average Bonchev–Trinajstić information content (AvgIpc) is 3.27. The molecular formula is C23H27F2N3O2S. The Morgan fingerprint density at radius 1 is 1.23 bits per heavy atom. The van der Waals surface area contributed by atoms with Gasteiger partial charge >= 0.3 is 0 Å². The number of ether oxygens (including phenoxy) is 2. The Hall–Kier alpha value is -2.03. The van der Waals surface area contributed by atoms with Crippen LogP contribution in [-0.4, -0.2) is 33.1 Å². The monoisotopic (exact) mass is 447 g/mol. The number of aromatic nitrogens is 3. The molecule has 1 aliphatic rings. The Morgan fingerprint density at radius 2 is 2.03 bits per heavy atom. The van der Waals surface area contributed by atoms with Gasteiger partial charge in [0.1, 0.15) is 17.5 Å². The third-order valence-electron chi connectivity index (χ3n) is 5.53. The van der Waals surface area contributed by atoms with Crippen LogP contribution in [0.25, 0.3) is 5.65 Å². The molecule has 5 nitrogen and oxygen atoms in total. The lowest BCUT2D eigenvalue weighted by atomic mass is 9.86. The zero-order valence-corrected chi connectivity index (χ0v) is 19.0. The Balaban J connectivity index is 1.56. The summed E-state index contributed by atoms with van der Waals surface area (Å²) in [5, 5.41) is 8.75. The van der Waals surface area contributed by atoms with Crippen molar-refractivity contribution in [3.05, 3.63) is 54.0 Å². The smallest absolute Gasteiger partial charge is 0.166 e. The molecule has 0 amide bonds. The summed E-state index contributed by atoms with van der Waals surface area (Å²) in [5.41, 5.74) is 0.390. The molecule has 8 heteroatoms. The van der Waals surface area contributed by atoms with Crippen molar-refractivity contribution in [1.29, 1.82) is 0 Å². The minimum absolute atomic E-state index is 0.0234. The third-order valence-corrected chi connectivity index (χ3v) is 6.56. The van der Waals surface area contributed by atoms with Gasteiger partial charge in [0, 0.05) is 33.9 Å². The first-order chi connectivity index (χ1) is 14.7. The third kappa shape index (κ3) is 4.76. The zero-order valence-electron chi connectivity index (χ0n) is 18.2. The summed E-state index contributed by atoms with van der Waals surface area (Å²) in [5.74, 6) is -0.890. The Kier molecular flexibility index (Phi) is 6.07. The fourth-order valence-electron chi connectivity index (χ4n) is 4.11. The molecule has 1 aliphatic heterocycles. The standard InChI is InChI=1S/C23H27F2N3O2S/c1-5-10-23(4)29-14-16(30-23)12-22(2,3)21-27-26-20-9-7-17(13-28(20)21)31-19-8-6-15(24)11-18(19)25/h6-9,11,13,16H,5,10,12,14H2,1-4H3. The minimum Gasteiger partial charge on any atom is -0.348 e. The molecule has 31 heavy (non-hydrogen) atoms. The SMILES string of the molecule is CCCC1(C)OCC(CC(C)(C)c2nnc3ccc(Sc4ccc(F)cc4F)cn23)O1. The van der Waals surface area contributed by atoms with Gasteiger partial charge in [-0.05, 0) is 37.6 Å². The van der Waals surface area contributed by atoms with E-state index in [-0.39, 0.29) is 11.5 Å². The molecule has 166 valence electrons. The van der Waals surface area contributed by atoms with E-state index >= 15 is 0 Å². The van der Waals surface area contributed by atoms with Crippen molar-refractivity contribution in [2.24, 2.45) is 0 Å². The predicted molar refractivity (Wildman–Crippen MR) is 115 cm³/mol. The lowest BCUT2D eigenvalue weighted by Crippen LogP contribution is -2.31. The first-order valence-corrected chi connectivity index (χ1v) is 11.3. The lowest BCUT2D eigenvalue weighted by Gasteiger charge is -2.27. The van der Waals surface area contributed by atoms with Crippen molar-refractivity contribution in [1.82, 2.24) is 14.6 Å². The molecule has 0 radical (unpaired) electrons. The number of pyridine rings is 1. The Bertz CT molecular complexity index is 1090. The van der Waals surface area contributed by atoms with Crippen LogP contribution in [0.1, 0.15) is 52.8 Å². The maximum Gasteiger partial charge on any atom is 0.166 e. The second kappa shape index (κ2) is 8.48. The zero-order chi connectivity index (χ0) is 22.2. The van der Waals surface area contributed by atoms with E-state index < -0.39 is 17.4 Å². The number of hydrogen-bond donors (Lipinski definition) is 0. The molecule has 1 fully saturated rings. The van der Waals surface area contributed by atoms with Gasteiger partial charge < -0.3 is 9.47 Å². The van der Waals surface area contributed by atoms with Gasteiger partial charge in [0.05, 0.1) is 12.7 Å². The molecule has 2 unspecified atom stereocenters. The van der Waals surface area contributed by atoms with E-state index in [0.717, 1.165) is 36.0 Å². The van der Waals surface area contributed by atoms with E-state index in [1.54, 1.807) is 0 Å². The number of fused-ring (bicyclic) bond motifs is 1. The van der Waals surface area contributed by atoms with Crippen molar-refractivity contribution < 1.29 is 18.3 Å². The second-order valence-electron chi connectivity index (χ2n) is 8.82. The van der Waals surface area contributed by atoms with Gasteiger partial charge in [-0.2, -0.15) is 0 Å². The van der Waals surface area contributed by atoms with Gasteiger partial charge in [-0.3, -0.25) is 4.40 Å². The topological polar surface area (TPSA) is 48.7 Å². The van der Waals surface area contributed by atoms with Crippen LogP contribution in [0, 0.1) is 11.6 Å². The molecule has 0 bridgehead atoms. The summed E-state index contributed by atoms with van der Waals surface area (Å²) in [6, 6.07) is 7.31. The number of benzene rings is 1. The first-order valence-electron chi connectivity index (χ1n) is 10.5. The molecular weight excluding hydrogens is 420 g/mol. The summed E-state index contributed by atoms with van der Waals surface area (Å²) in [7, 11) is 0. The lowest BCUT2D eigenvalue weighted by molar-refractivity contribution is -0.160. The van der Waals surface area contributed by atoms with Crippen LogP contribution in [0.3, 0.4) is 0 Å². The molecule has 0 N–H and O–H groups in total. The summed E-state index contributed by atoms with van der Waals surface area (Å²) in [6.45, 7) is 8.89. The molecule has 3 heterocycles. The first kappa shape index (κ1) is 22.2. The fourth-order valence-corrected chi connectivity index (χ4v) is 4.95. The summed E-state index contributed by atoms with van der Waals surface area (Å²) in [4.78, 5) is 1.17. The highest BCUT2D eigenvalue weighted by Gasteiger charge is 2.40. The normalized spacial score (nSPS) is 21.8. The average molecular weight is 448 g/mol.